The van der Waals surface area contributed by atoms with E-state index in [9.17, 15) is 0 Å². The van der Waals surface area contributed by atoms with Gasteiger partial charge in [0.15, 0.2) is 6.73 Å². The first-order valence-electron chi connectivity index (χ1n) is 2.80. The minimum absolute atomic E-state index is 0.691. The van der Waals surface area contributed by atoms with Gasteiger partial charge in [0.2, 0.25) is 0 Å². The molecule has 1 unspecified atom stereocenters. The van der Waals surface area contributed by atoms with Crippen LogP contribution in [0, 0.1) is 7.05 Å². The molecule has 0 aromatic rings. The van der Waals surface area contributed by atoms with E-state index in [4.69, 9.17) is 4.74 Å². The smallest absolute Gasteiger partial charge is 0.158 e. The van der Waals surface area contributed by atoms with E-state index in [2.05, 4.69) is 14.0 Å². The Kier molecular flexibility index (Phi) is 3.02. The van der Waals surface area contributed by atoms with Gasteiger partial charge in [-0.05, 0) is 6.92 Å². The summed E-state index contributed by atoms with van der Waals surface area (Å²) in [7, 11) is 7.61. The van der Waals surface area contributed by atoms with Crippen LogP contribution in [-0.2, 0) is 4.74 Å². The van der Waals surface area contributed by atoms with Crippen molar-refractivity contribution in [2.75, 3.05) is 27.4 Å². The van der Waals surface area contributed by atoms with Crippen LogP contribution in [-0.4, -0.2) is 31.9 Å². The first kappa shape index (κ1) is 7.92. The Balaban J connectivity index is 3.37. The summed E-state index contributed by atoms with van der Waals surface area (Å²) in [6, 6.07) is 0. The Labute approximate surface area is 51.6 Å². The second-order valence-electron chi connectivity index (χ2n) is 2.35. The van der Waals surface area contributed by atoms with Crippen molar-refractivity contribution < 1.29 is 9.22 Å². The van der Waals surface area contributed by atoms with E-state index in [1.54, 1.807) is 7.11 Å². The Morgan fingerprint density at radius 2 is 2.12 bits per heavy atom. The van der Waals surface area contributed by atoms with Crippen molar-refractivity contribution in [1.82, 2.24) is 0 Å². The maximum Gasteiger partial charge on any atom is 0.158 e. The number of hydrogen-bond donors (Lipinski definition) is 0. The van der Waals surface area contributed by atoms with Crippen LogP contribution in [0.25, 0.3) is 0 Å². The van der Waals surface area contributed by atoms with Crippen molar-refractivity contribution in [2.24, 2.45) is 0 Å². The first-order chi connectivity index (χ1) is 3.62. The average Bonchev–Trinajstić information content (AvgIpc) is 1.67. The maximum absolute atomic E-state index is 4.91. The minimum atomic E-state index is 0.691. The lowest BCUT2D eigenvalue weighted by Gasteiger charge is -2.35. The highest BCUT2D eigenvalue weighted by molar-refractivity contribution is 4.19. The topological polar surface area (TPSA) is 9.23 Å². The van der Waals surface area contributed by atoms with Gasteiger partial charge >= 0.3 is 0 Å². The molecule has 0 aliphatic carbocycles. The normalized spacial score (nSPS) is 18.0. The molecular formula is C6H15NO. The van der Waals surface area contributed by atoms with Gasteiger partial charge in [0, 0.05) is 14.2 Å². The molecule has 0 aliphatic rings. The number of hydrogen-bond acceptors (Lipinski definition) is 1. The third-order valence-corrected chi connectivity index (χ3v) is 1.20. The summed E-state index contributed by atoms with van der Waals surface area (Å²) < 4.78 is 5.60. The van der Waals surface area contributed by atoms with Crippen molar-refractivity contribution in [2.45, 2.75) is 6.92 Å². The van der Waals surface area contributed by atoms with Gasteiger partial charge in [-0.25, -0.2) is 0 Å². The summed E-state index contributed by atoms with van der Waals surface area (Å²) in [6.07, 6.45) is 0. The molecular weight excluding hydrogens is 102 g/mol. The molecule has 50 valence electrons. The van der Waals surface area contributed by atoms with E-state index in [0.717, 1.165) is 6.54 Å². The van der Waals surface area contributed by atoms with Crippen LogP contribution in [0.2, 0.25) is 0 Å². The van der Waals surface area contributed by atoms with Crippen LogP contribution in [0.15, 0.2) is 0 Å². The SMILES string of the molecule is [CH2-][N+](C)(CC)COC. The molecule has 0 rings (SSSR count). The van der Waals surface area contributed by atoms with E-state index in [-0.39, 0.29) is 0 Å². The highest BCUT2D eigenvalue weighted by Crippen LogP contribution is 1.95. The third kappa shape index (κ3) is 2.99. The van der Waals surface area contributed by atoms with Crippen LogP contribution < -0.4 is 0 Å². The maximum atomic E-state index is 4.91. The third-order valence-electron chi connectivity index (χ3n) is 1.20. The number of rotatable bonds is 3. The first-order valence-corrected chi connectivity index (χ1v) is 2.80. The molecule has 0 heterocycles. The van der Waals surface area contributed by atoms with Gasteiger partial charge < -0.3 is 9.22 Å². The van der Waals surface area contributed by atoms with Gasteiger partial charge in [-0.2, -0.15) is 0 Å². The summed E-state index contributed by atoms with van der Waals surface area (Å²) in [5.41, 5.74) is 0. The van der Waals surface area contributed by atoms with Crippen molar-refractivity contribution >= 4 is 0 Å². The van der Waals surface area contributed by atoms with Crippen LogP contribution in [0.5, 0.6) is 0 Å². The molecule has 0 amide bonds. The van der Waals surface area contributed by atoms with Crippen molar-refractivity contribution in [3.63, 3.8) is 0 Å². The van der Waals surface area contributed by atoms with Crippen molar-refractivity contribution in [3.05, 3.63) is 7.05 Å². The van der Waals surface area contributed by atoms with Crippen molar-refractivity contribution in [3.8, 4) is 0 Å². The Morgan fingerprint density at radius 3 is 2.25 bits per heavy atom. The second kappa shape index (κ2) is 3.05. The van der Waals surface area contributed by atoms with Crippen LogP contribution in [0.3, 0.4) is 0 Å². The summed E-state index contributed by atoms with van der Waals surface area (Å²) in [5, 5.41) is 0. The highest BCUT2D eigenvalue weighted by Gasteiger charge is 2.00. The average molecular weight is 117 g/mol. The highest BCUT2D eigenvalue weighted by atomic mass is 16.5. The van der Waals surface area contributed by atoms with Gasteiger partial charge in [0.25, 0.3) is 0 Å². The largest absolute Gasteiger partial charge is 0.437 e. The summed E-state index contributed by atoms with van der Waals surface area (Å²) in [5.74, 6) is 0. The van der Waals surface area contributed by atoms with E-state index in [1.807, 2.05) is 7.05 Å². The zero-order valence-electron chi connectivity index (χ0n) is 5.98. The molecule has 0 aliphatic heterocycles. The van der Waals surface area contributed by atoms with Gasteiger partial charge in [-0.1, -0.05) is 0 Å². The lowest BCUT2D eigenvalue weighted by Crippen LogP contribution is -2.38. The molecule has 0 aromatic heterocycles. The fourth-order valence-corrected chi connectivity index (χ4v) is 0.403. The summed E-state index contributed by atoms with van der Waals surface area (Å²) in [6.45, 7) is 3.79. The lowest BCUT2D eigenvalue weighted by atomic mass is 10.6. The quantitative estimate of drug-likeness (QED) is 0.302. The Hall–Kier alpha value is -0.0800. The molecule has 0 aromatic carbocycles. The molecule has 8 heavy (non-hydrogen) atoms. The second-order valence-corrected chi connectivity index (χ2v) is 2.35. The van der Waals surface area contributed by atoms with E-state index in [0.29, 0.717) is 11.2 Å². The monoisotopic (exact) mass is 117 g/mol. The molecule has 0 bridgehead atoms. The fourth-order valence-electron chi connectivity index (χ4n) is 0.403. The Bertz CT molecular complexity index is 61.5. The predicted octanol–water partition coefficient (Wildman–Crippen LogP) is 0.848. The molecule has 0 fully saturated rings. The van der Waals surface area contributed by atoms with Crippen LogP contribution in [0.1, 0.15) is 6.92 Å². The van der Waals surface area contributed by atoms with E-state index in [1.165, 1.54) is 0 Å². The molecule has 0 saturated heterocycles. The van der Waals surface area contributed by atoms with Gasteiger partial charge in [-0.3, -0.25) is 0 Å². The number of ether oxygens (including phenoxy) is 1. The van der Waals surface area contributed by atoms with Crippen LogP contribution in [0.4, 0.5) is 0 Å². The molecule has 2 nitrogen and oxygen atoms in total. The zero-order chi connectivity index (χ0) is 6.62. The zero-order valence-corrected chi connectivity index (χ0v) is 5.98. The fraction of sp³-hybridized carbons (Fsp3) is 0.833. The lowest BCUT2D eigenvalue weighted by molar-refractivity contribution is -0.883. The summed E-state index contributed by atoms with van der Waals surface area (Å²) in [4.78, 5) is 0. The predicted molar refractivity (Wildman–Crippen MR) is 34.0 cm³/mol. The van der Waals surface area contributed by atoms with Gasteiger partial charge in [0.05, 0.1) is 6.54 Å². The molecule has 0 spiro atoms. The molecule has 0 saturated carbocycles. The standard InChI is InChI=1S/C6H15NO/c1-5-7(2,3)6-8-4/h2,5-6H2,1,3-4H3. The number of nitrogens with zero attached hydrogens (tertiary/aromatic N) is 1. The molecule has 2 heteroatoms. The van der Waals surface area contributed by atoms with E-state index < -0.39 is 0 Å². The molecule has 1 atom stereocenters. The summed E-state index contributed by atoms with van der Waals surface area (Å²) >= 11 is 0. The molecule has 0 N–H and O–H groups in total. The van der Waals surface area contributed by atoms with E-state index >= 15 is 0 Å². The number of methoxy groups -OCH3 is 1. The van der Waals surface area contributed by atoms with Crippen LogP contribution >= 0.6 is 0 Å². The van der Waals surface area contributed by atoms with Gasteiger partial charge in [0.1, 0.15) is 0 Å². The minimum Gasteiger partial charge on any atom is -0.437 e. The Morgan fingerprint density at radius 1 is 1.62 bits per heavy atom. The van der Waals surface area contributed by atoms with Crippen molar-refractivity contribution in [1.29, 1.82) is 0 Å². The van der Waals surface area contributed by atoms with Gasteiger partial charge in [-0.15, -0.1) is 7.05 Å². The number of quaternary nitrogens is 1. The molecule has 0 radical (unpaired) electrons.